The van der Waals surface area contributed by atoms with E-state index in [1.54, 1.807) is 0 Å². The zero-order chi connectivity index (χ0) is 31.0. The lowest BCUT2D eigenvalue weighted by Crippen LogP contribution is -2.59. The van der Waals surface area contributed by atoms with Crippen LogP contribution in [0.5, 0.6) is 0 Å². The Morgan fingerprint density at radius 3 is 1.75 bits per heavy atom. The summed E-state index contributed by atoms with van der Waals surface area (Å²) in [5.41, 5.74) is 11.1. The lowest BCUT2D eigenvalue weighted by Gasteiger charge is -2.27. The summed E-state index contributed by atoms with van der Waals surface area (Å²) in [6.45, 7) is 3.37. The van der Waals surface area contributed by atoms with Crippen LogP contribution in [-0.2, 0) is 33.6 Å². The molecule has 0 rings (SSSR count). The molecule has 0 bridgehead atoms. The number of unbranched alkanes of at least 4 members (excludes halogenated alkanes) is 1. The van der Waals surface area contributed by atoms with E-state index < -0.39 is 96.9 Å². The van der Waals surface area contributed by atoms with Crippen LogP contribution in [0.25, 0.3) is 0 Å². The third kappa shape index (κ3) is 14.1. The number of aliphatic carboxylic acids is 3. The Morgan fingerprint density at radius 2 is 1.27 bits per heavy atom. The molecule has 0 unspecified atom stereocenters. The van der Waals surface area contributed by atoms with E-state index >= 15 is 0 Å². The van der Waals surface area contributed by atoms with Crippen molar-refractivity contribution in [3.63, 3.8) is 0 Å². The van der Waals surface area contributed by atoms with E-state index in [1.807, 2.05) is 0 Å². The largest absolute Gasteiger partial charge is 0.481 e. The van der Waals surface area contributed by atoms with Gasteiger partial charge in [-0.2, -0.15) is 12.6 Å². The highest BCUT2D eigenvalue weighted by Crippen LogP contribution is 2.08. The first-order valence-electron chi connectivity index (χ1n) is 12.6. The Bertz CT molecular complexity index is 919. The van der Waals surface area contributed by atoms with Gasteiger partial charge in [-0.25, -0.2) is 4.79 Å². The van der Waals surface area contributed by atoms with Gasteiger partial charge >= 0.3 is 17.9 Å². The summed E-state index contributed by atoms with van der Waals surface area (Å²) < 4.78 is 0. The molecule has 0 heterocycles. The summed E-state index contributed by atoms with van der Waals surface area (Å²) in [5.74, 6) is -8.40. The predicted octanol–water partition coefficient (Wildman–Crippen LogP) is -2.61. The maximum atomic E-state index is 13.0. The normalized spacial score (nSPS) is 14.7. The molecule has 0 spiro atoms. The Morgan fingerprint density at radius 1 is 0.725 bits per heavy atom. The number of hydrogen-bond acceptors (Lipinski definition) is 10. The van der Waals surface area contributed by atoms with Crippen molar-refractivity contribution < 1.29 is 48.9 Å². The van der Waals surface area contributed by atoms with E-state index in [1.165, 1.54) is 13.8 Å². The molecule has 0 fully saturated rings. The number of carboxylic acids is 3. The van der Waals surface area contributed by atoms with Crippen LogP contribution in [0, 0.1) is 5.92 Å². The summed E-state index contributed by atoms with van der Waals surface area (Å²) in [6, 6.07) is -6.79. The third-order valence-corrected chi connectivity index (χ3v) is 6.03. The van der Waals surface area contributed by atoms with Crippen LogP contribution in [0.4, 0.5) is 0 Å². The van der Waals surface area contributed by atoms with Crippen LogP contribution in [0.15, 0.2) is 0 Å². The first-order valence-corrected chi connectivity index (χ1v) is 13.2. The highest BCUT2D eigenvalue weighted by atomic mass is 32.1. The predicted molar refractivity (Wildman–Crippen MR) is 144 cm³/mol. The number of nitrogens with one attached hydrogen (secondary N) is 4. The van der Waals surface area contributed by atoms with Gasteiger partial charge in [0.1, 0.15) is 24.2 Å². The zero-order valence-corrected chi connectivity index (χ0v) is 23.3. The molecular weight excluding hydrogens is 552 g/mol. The number of carboxylic acid groups (broad SMARTS) is 3. The van der Waals surface area contributed by atoms with Gasteiger partial charge < -0.3 is 48.1 Å². The number of nitrogens with two attached hydrogens (primary N) is 2. The fraction of sp³-hybridized carbons (Fsp3) is 0.696. The maximum Gasteiger partial charge on any atom is 0.326 e. The monoisotopic (exact) mass is 592 g/mol. The smallest absolute Gasteiger partial charge is 0.326 e. The number of hydrogen-bond donors (Lipinski definition) is 10. The van der Waals surface area contributed by atoms with E-state index in [-0.39, 0.29) is 12.2 Å². The van der Waals surface area contributed by atoms with E-state index in [0.717, 1.165) is 0 Å². The Balaban J connectivity index is 5.76. The molecule has 0 aliphatic carbocycles. The van der Waals surface area contributed by atoms with E-state index in [9.17, 15) is 43.8 Å². The summed E-state index contributed by atoms with van der Waals surface area (Å²) in [4.78, 5) is 84.8. The van der Waals surface area contributed by atoms with Crippen LogP contribution in [-0.4, -0.2) is 99.4 Å². The minimum atomic E-state index is -1.67. The first kappa shape index (κ1) is 36.6. The van der Waals surface area contributed by atoms with Crippen molar-refractivity contribution in [2.24, 2.45) is 17.4 Å². The number of carbonyl (C=O) groups excluding carboxylic acids is 4. The average Bonchev–Trinajstić information content (AvgIpc) is 2.86. The Hall–Kier alpha value is -3.44. The van der Waals surface area contributed by atoms with Gasteiger partial charge in [0.15, 0.2) is 0 Å². The van der Waals surface area contributed by atoms with E-state index in [4.69, 9.17) is 16.6 Å². The molecule has 0 saturated carbocycles. The molecule has 0 saturated heterocycles. The number of thiol groups is 1. The van der Waals surface area contributed by atoms with Crippen LogP contribution in [0.1, 0.15) is 52.4 Å². The summed E-state index contributed by atoms with van der Waals surface area (Å²) in [7, 11) is 0. The quantitative estimate of drug-likeness (QED) is 0.0514. The molecule has 5 atom stereocenters. The van der Waals surface area contributed by atoms with Crippen molar-refractivity contribution in [3.8, 4) is 0 Å². The standard InChI is InChI=1S/C23H40N6O10S/c1-11(2)18(22(37)27-14(23(38)39)6-7-16(30)31)29-21(36)15(9-17(32)33)28-20(35)13(5-3-4-8-24)26-19(34)12(25)10-40/h11-15,18,40H,3-10,24-25H2,1-2H3,(H,26,34)(H,27,37)(H,28,35)(H,29,36)(H,30,31)(H,32,33)(H,38,39)/t12-,13-,14-,15-,18-/m0/s1. The minimum absolute atomic E-state index is 0.00921. The van der Waals surface area contributed by atoms with E-state index in [0.29, 0.717) is 19.4 Å². The van der Waals surface area contributed by atoms with Crippen molar-refractivity contribution in [2.45, 2.75) is 82.6 Å². The molecule has 11 N–H and O–H groups in total. The molecule has 40 heavy (non-hydrogen) atoms. The highest BCUT2D eigenvalue weighted by molar-refractivity contribution is 7.80. The number of rotatable bonds is 20. The van der Waals surface area contributed by atoms with Gasteiger partial charge in [0.25, 0.3) is 0 Å². The van der Waals surface area contributed by atoms with Gasteiger partial charge in [0.05, 0.1) is 12.5 Å². The molecule has 0 aromatic heterocycles. The first-order chi connectivity index (χ1) is 18.6. The summed E-state index contributed by atoms with van der Waals surface area (Å²) in [6.07, 6.45) is -0.778. The molecule has 17 heteroatoms. The van der Waals surface area contributed by atoms with Gasteiger partial charge in [0.2, 0.25) is 23.6 Å². The highest BCUT2D eigenvalue weighted by Gasteiger charge is 2.33. The molecule has 0 radical (unpaired) electrons. The molecule has 0 aromatic rings. The molecule has 0 aromatic carbocycles. The third-order valence-electron chi connectivity index (χ3n) is 5.63. The minimum Gasteiger partial charge on any atom is -0.481 e. The van der Waals surface area contributed by atoms with Crippen molar-refractivity contribution >= 4 is 54.2 Å². The van der Waals surface area contributed by atoms with Gasteiger partial charge in [-0.05, 0) is 38.1 Å². The molecular formula is C23H40N6O10S. The molecule has 4 amide bonds. The Labute approximate surface area is 236 Å². The fourth-order valence-electron chi connectivity index (χ4n) is 3.36. The fourth-order valence-corrected chi connectivity index (χ4v) is 3.52. The topological polar surface area (TPSA) is 280 Å². The number of amides is 4. The van der Waals surface area contributed by atoms with Crippen molar-refractivity contribution in [1.29, 1.82) is 0 Å². The maximum absolute atomic E-state index is 13.0. The van der Waals surface area contributed by atoms with Crippen molar-refractivity contribution in [2.75, 3.05) is 12.3 Å². The second kappa shape index (κ2) is 18.8. The molecule has 16 nitrogen and oxygen atoms in total. The second-order valence-corrected chi connectivity index (χ2v) is 9.72. The van der Waals surface area contributed by atoms with Gasteiger partial charge in [-0.15, -0.1) is 0 Å². The van der Waals surface area contributed by atoms with Gasteiger partial charge in [-0.1, -0.05) is 13.8 Å². The average molecular weight is 593 g/mol. The van der Waals surface area contributed by atoms with E-state index in [2.05, 4.69) is 33.9 Å². The van der Waals surface area contributed by atoms with Gasteiger partial charge in [0, 0.05) is 12.2 Å². The molecule has 228 valence electrons. The van der Waals surface area contributed by atoms with Crippen LogP contribution >= 0.6 is 12.6 Å². The Kier molecular flexibility index (Phi) is 17.2. The second-order valence-electron chi connectivity index (χ2n) is 9.36. The summed E-state index contributed by atoms with van der Waals surface area (Å²) in [5, 5.41) is 36.6. The van der Waals surface area contributed by atoms with Crippen LogP contribution in [0.3, 0.4) is 0 Å². The van der Waals surface area contributed by atoms with Crippen LogP contribution in [0.2, 0.25) is 0 Å². The lowest BCUT2D eigenvalue weighted by molar-refractivity contribution is -0.144. The van der Waals surface area contributed by atoms with Gasteiger partial charge in [-0.3, -0.25) is 28.8 Å². The zero-order valence-electron chi connectivity index (χ0n) is 22.4. The van der Waals surface area contributed by atoms with Crippen molar-refractivity contribution in [1.82, 2.24) is 21.3 Å². The van der Waals surface area contributed by atoms with Crippen LogP contribution < -0.4 is 32.7 Å². The lowest BCUT2D eigenvalue weighted by atomic mass is 10.0. The van der Waals surface area contributed by atoms with Crippen molar-refractivity contribution in [3.05, 3.63) is 0 Å². The molecule has 0 aliphatic heterocycles. The molecule has 0 aliphatic rings. The SMILES string of the molecule is CC(C)[C@H](NC(=O)[C@H](CC(=O)O)NC(=O)[C@H](CCCCN)NC(=O)[C@@H](N)CS)C(=O)N[C@@H](CCC(=O)O)C(=O)O. The summed E-state index contributed by atoms with van der Waals surface area (Å²) >= 11 is 3.94. The number of carbonyl (C=O) groups is 7.